The molecule has 1 amide bonds. The number of carbonyl (C=O) groups is 1. The van der Waals surface area contributed by atoms with Crippen LogP contribution in [-0.4, -0.2) is 21.9 Å². The zero-order chi connectivity index (χ0) is 19.6. The number of carbonyl (C=O) groups excluding carboxylic acids is 1. The predicted octanol–water partition coefficient (Wildman–Crippen LogP) is 5.08. The van der Waals surface area contributed by atoms with Gasteiger partial charge in [0.25, 0.3) is 5.91 Å². The molecule has 1 heterocycles. The van der Waals surface area contributed by atoms with Crippen molar-refractivity contribution in [2.24, 2.45) is 7.05 Å². The standard InChI is InChI=1S/C19H16F3N3OS/c1-25-11-15(17(24-25)19(20,21)22)18(26)23-16-9-4-3-8-14(16)12-6-5-7-13(10-12)27-2/h3-11H,1-2H3,(H,23,26). The predicted molar refractivity (Wildman–Crippen MR) is 99.8 cm³/mol. The van der Waals surface area contributed by atoms with Gasteiger partial charge in [-0.3, -0.25) is 9.48 Å². The largest absolute Gasteiger partial charge is 0.435 e. The molecule has 0 radical (unpaired) electrons. The number of alkyl halides is 3. The first kappa shape index (κ1) is 19.0. The van der Waals surface area contributed by atoms with Crippen LogP contribution in [0.5, 0.6) is 0 Å². The SMILES string of the molecule is CSc1cccc(-c2ccccc2NC(=O)c2cn(C)nc2C(F)(F)F)c1. The van der Waals surface area contributed by atoms with Crippen LogP contribution in [-0.2, 0) is 13.2 Å². The average Bonchev–Trinajstić information content (AvgIpc) is 3.05. The second kappa shape index (κ2) is 7.48. The molecular weight excluding hydrogens is 375 g/mol. The van der Waals surface area contributed by atoms with Gasteiger partial charge in [-0.05, 0) is 30.0 Å². The number of benzene rings is 2. The Morgan fingerprint density at radius 2 is 1.89 bits per heavy atom. The van der Waals surface area contributed by atoms with Crippen LogP contribution in [0.4, 0.5) is 18.9 Å². The van der Waals surface area contributed by atoms with Crippen molar-refractivity contribution in [2.75, 3.05) is 11.6 Å². The molecule has 2 aromatic carbocycles. The Kier molecular flexibility index (Phi) is 5.27. The minimum Gasteiger partial charge on any atom is -0.321 e. The molecule has 1 aromatic heterocycles. The first-order chi connectivity index (χ1) is 12.8. The van der Waals surface area contributed by atoms with Crippen molar-refractivity contribution in [2.45, 2.75) is 11.1 Å². The molecule has 0 aliphatic heterocycles. The zero-order valence-electron chi connectivity index (χ0n) is 14.5. The third-order valence-corrected chi connectivity index (χ3v) is 4.62. The molecule has 0 spiro atoms. The first-order valence-corrected chi connectivity index (χ1v) is 9.17. The van der Waals surface area contributed by atoms with Crippen molar-refractivity contribution in [3.8, 4) is 11.1 Å². The highest BCUT2D eigenvalue weighted by Crippen LogP contribution is 2.33. The summed E-state index contributed by atoms with van der Waals surface area (Å²) in [6.07, 6.45) is -1.69. The highest BCUT2D eigenvalue weighted by Gasteiger charge is 2.39. The molecule has 0 saturated carbocycles. The summed E-state index contributed by atoms with van der Waals surface area (Å²) in [5.41, 5.74) is 0.291. The fourth-order valence-electron chi connectivity index (χ4n) is 2.69. The van der Waals surface area contributed by atoms with Gasteiger partial charge in [0.2, 0.25) is 0 Å². The summed E-state index contributed by atoms with van der Waals surface area (Å²) in [6.45, 7) is 0. The number of amides is 1. The summed E-state index contributed by atoms with van der Waals surface area (Å²) in [5.74, 6) is -0.858. The van der Waals surface area contributed by atoms with Crippen molar-refractivity contribution < 1.29 is 18.0 Å². The van der Waals surface area contributed by atoms with Gasteiger partial charge in [-0.15, -0.1) is 11.8 Å². The summed E-state index contributed by atoms with van der Waals surface area (Å²) in [7, 11) is 1.34. The van der Waals surface area contributed by atoms with Gasteiger partial charge in [0.15, 0.2) is 5.69 Å². The number of anilines is 1. The fraction of sp³-hybridized carbons (Fsp3) is 0.158. The smallest absolute Gasteiger partial charge is 0.321 e. The molecule has 0 fully saturated rings. The molecule has 8 heteroatoms. The summed E-state index contributed by atoms with van der Waals surface area (Å²) in [6, 6.07) is 14.7. The van der Waals surface area contributed by atoms with E-state index in [1.807, 2.05) is 42.7 Å². The molecule has 140 valence electrons. The number of hydrogen-bond donors (Lipinski definition) is 1. The van der Waals surface area contributed by atoms with Gasteiger partial charge in [-0.2, -0.15) is 18.3 Å². The Labute approximate surface area is 158 Å². The lowest BCUT2D eigenvalue weighted by atomic mass is 10.0. The minimum absolute atomic E-state index is 0.428. The molecular formula is C19H16F3N3OS. The van der Waals surface area contributed by atoms with E-state index in [4.69, 9.17) is 0 Å². The van der Waals surface area contributed by atoms with Crippen LogP contribution in [0.15, 0.2) is 59.6 Å². The van der Waals surface area contributed by atoms with Crippen LogP contribution < -0.4 is 5.32 Å². The maximum Gasteiger partial charge on any atom is 0.435 e. The van der Waals surface area contributed by atoms with Crippen LogP contribution >= 0.6 is 11.8 Å². The minimum atomic E-state index is -4.71. The monoisotopic (exact) mass is 391 g/mol. The summed E-state index contributed by atoms with van der Waals surface area (Å²) >= 11 is 1.58. The number of rotatable bonds is 4. The molecule has 1 N–H and O–H groups in total. The number of thioether (sulfide) groups is 1. The topological polar surface area (TPSA) is 46.9 Å². The maximum absolute atomic E-state index is 13.1. The Morgan fingerprint density at radius 1 is 1.15 bits per heavy atom. The van der Waals surface area contributed by atoms with E-state index >= 15 is 0 Å². The second-order valence-corrected chi connectivity index (χ2v) is 6.67. The van der Waals surface area contributed by atoms with Gasteiger partial charge in [-0.25, -0.2) is 0 Å². The molecule has 4 nitrogen and oxygen atoms in total. The molecule has 0 aliphatic carbocycles. The van der Waals surface area contributed by atoms with Crippen molar-refractivity contribution in [3.05, 3.63) is 66.0 Å². The summed E-state index contributed by atoms with van der Waals surface area (Å²) in [4.78, 5) is 13.6. The highest BCUT2D eigenvalue weighted by atomic mass is 32.2. The number of nitrogens with zero attached hydrogens (tertiary/aromatic N) is 2. The van der Waals surface area contributed by atoms with Crippen LogP contribution in [0.2, 0.25) is 0 Å². The second-order valence-electron chi connectivity index (χ2n) is 5.79. The average molecular weight is 391 g/mol. The summed E-state index contributed by atoms with van der Waals surface area (Å²) < 4.78 is 40.4. The lowest BCUT2D eigenvalue weighted by Crippen LogP contribution is -2.18. The molecule has 3 aromatic rings. The number of halogens is 3. The number of aromatic nitrogens is 2. The normalized spacial score (nSPS) is 11.4. The van der Waals surface area contributed by atoms with Gasteiger partial charge in [0.1, 0.15) is 0 Å². The molecule has 0 atom stereocenters. The van der Waals surface area contributed by atoms with Crippen molar-refractivity contribution in [3.63, 3.8) is 0 Å². The Balaban J connectivity index is 1.97. The van der Waals surface area contributed by atoms with Crippen LogP contribution in [0.3, 0.4) is 0 Å². The number of aryl methyl sites for hydroxylation is 1. The van der Waals surface area contributed by atoms with E-state index in [0.717, 1.165) is 26.9 Å². The Morgan fingerprint density at radius 3 is 2.59 bits per heavy atom. The molecule has 3 rings (SSSR count). The number of hydrogen-bond acceptors (Lipinski definition) is 3. The fourth-order valence-corrected chi connectivity index (χ4v) is 3.15. The number of nitrogens with one attached hydrogen (secondary N) is 1. The molecule has 27 heavy (non-hydrogen) atoms. The van der Waals surface area contributed by atoms with Crippen LogP contribution in [0.1, 0.15) is 16.1 Å². The van der Waals surface area contributed by atoms with Crippen molar-refractivity contribution in [1.29, 1.82) is 0 Å². The highest BCUT2D eigenvalue weighted by molar-refractivity contribution is 7.98. The Bertz CT molecular complexity index is 982. The third kappa shape index (κ3) is 4.16. The zero-order valence-corrected chi connectivity index (χ0v) is 15.4. The van der Waals surface area contributed by atoms with Crippen LogP contribution in [0, 0.1) is 0 Å². The third-order valence-electron chi connectivity index (χ3n) is 3.90. The van der Waals surface area contributed by atoms with Crippen LogP contribution in [0.25, 0.3) is 11.1 Å². The lowest BCUT2D eigenvalue weighted by molar-refractivity contribution is -0.141. The van der Waals surface area contributed by atoms with E-state index in [9.17, 15) is 18.0 Å². The van der Waals surface area contributed by atoms with E-state index in [0.29, 0.717) is 5.69 Å². The first-order valence-electron chi connectivity index (χ1n) is 7.95. The van der Waals surface area contributed by atoms with E-state index in [1.165, 1.54) is 7.05 Å². The van der Waals surface area contributed by atoms with E-state index < -0.39 is 23.3 Å². The van der Waals surface area contributed by atoms with E-state index in [2.05, 4.69) is 10.4 Å². The molecule has 0 saturated heterocycles. The number of para-hydroxylation sites is 1. The quantitative estimate of drug-likeness (QED) is 0.631. The Hall–Kier alpha value is -2.74. The van der Waals surface area contributed by atoms with E-state index in [-0.39, 0.29) is 0 Å². The summed E-state index contributed by atoms with van der Waals surface area (Å²) in [5, 5.41) is 5.97. The van der Waals surface area contributed by atoms with Crippen molar-refractivity contribution in [1.82, 2.24) is 9.78 Å². The maximum atomic E-state index is 13.1. The van der Waals surface area contributed by atoms with Gasteiger partial charge in [0, 0.05) is 29.4 Å². The van der Waals surface area contributed by atoms with Gasteiger partial charge >= 0.3 is 6.18 Å². The molecule has 0 aliphatic rings. The van der Waals surface area contributed by atoms with Crippen molar-refractivity contribution >= 4 is 23.4 Å². The van der Waals surface area contributed by atoms with Gasteiger partial charge < -0.3 is 5.32 Å². The van der Waals surface area contributed by atoms with Gasteiger partial charge in [-0.1, -0.05) is 30.3 Å². The van der Waals surface area contributed by atoms with Gasteiger partial charge in [0.05, 0.1) is 5.56 Å². The molecule has 0 unspecified atom stereocenters. The lowest BCUT2D eigenvalue weighted by Gasteiger charge is -2.12. The molecule has 0 bridgehead atoms. The van der Waals surface area contributed by atoms with E-state index in [1.54, 1.807) is 23.9 Å².